The zero-order chi connectivity index (χ0) is 22.0. The number of carbonyl (C=O) groups excluding carboxylic acids is 1. The van der Waals surface area contributed by atoms with Crippen LogP contribution in [0.3, 0.4) is 0 Å². The highest BCUT2D eigenvalue weighted by atomic mass is 32.2. The zero-order valence-corrected chi connectivity index (χ0v) is 18.3. The number of carboxylic acid groups (broad SMARTS) is 1. The van der Waals surface area contributed by atoms with Gasteiger partial charge in [0.25, 0.3) is 5.91 Å². The zero-order valence-electron chi connectivity index (χ0n) is 16.7. The number of anilines is 1. The number of carbonyl (C=O) groups is 2. The van der Waals surface area contributed by atoms with Gasteiger partial charge >= 0.3 is 5.97 Å². The average molecular weight is 446 g/mol. The van der Waals surface area contributed by atoms with Gasteiger partial charge in [-0.15, -0.1) is 0 Å². The van der Waals surface area contributed by atoms with Gasteiger partial charge in [0.1, 0.15) is 0 Å². The van der Waals surface area contributed by atoms with Crippen molar-refractivity contribution in [1.82, 2.24) is 0 Å². The summed E-state index contributed by atoms with van der Waals surface area (Å²) in [6, 6.07) is 8.05. The van der Waals surface area contributed by atoms with Crippen molar-refractivity contribution in [2.24, 2.45) is 0 Å². The van der Waals surface area contributed by atoms with Crippen LogP contribution in [0.2, 0.25) is 0 Å². The molecule has 2 aromatic carbocycles. The van der Waals surface area contributed by atoms with E-state index in [9.17, 15) is 14.7 Å². The molecule has 0 aliphatic carbocycles. The van der Waals surface area contributed by atoms with Crippen LogP contribution in [0.1, 0.15) is 21.5 Å². The van der Waals surface area contributed by atoms with Crippen molar-refractivity contribution < 1.29 is 28.9 Å². The maximum Gasteiger partial charge on any atom is 0.335 e. The van der Waals surface area contributed by atoms with Crippen LogP contribution in [0.4, 0.5) is 5.69 Å². The van der Waals surface area contributed by atoms with Gasteiger partial charge in [0.2, 0.25) is 5.75 Å². The molecule has 7 nitrogen and oxygen atoms in total. The van der Waals surface area contributed by atoms with E-state index in [-0.39, 0.29) is 11.5 Å². The molecular formula is C21H19NO6S2. The number of methoxy groups -OCH3 is 3. The van der Waals surface area contributed by atoms with Crippen LogP contribution in [-0.4, -0.2) is 42.6 Å². The van der Waals surface area contributed by atoms with Crippen molar-refractivity contribution in [2.45, 2.75) is 6.92 Å². The monoisotopic (exact) mass is 445 g/mol. The number of ether oxygens (including phenoxy) is 3. The van der Waals surface area contributed by atoms with Gasteiger partial charge in [-0.05, 0) is 48.4 Å². The van der Waals surface area contributed by atoms with Gasteiger partial charge in [-0.1, -0.05) is 30.0 Å². The standard InChI is InChI=1S/C21H19NO6S2/c1-11-5-6-13(20(24)25)10-14(11)22-19(23)17(30-21(22)29)9-12-7-15(26-2)18(28-4)16(8-12)27-3/h5-10H,1-4H3,(H,24,25). The van der Waals surface area contributed by atoms with Crippen LogP contribution in [0.25, 0.3) is 6.08 Å². The molecule has 0 saturated carbocycles. The third kappa shape index (κ3) is 3.99. The minimum Gasteiger partial charge on any atom is -0.493 e. The second-order valence-electron chi connectivity index (χ2n) is 6.28. The van der Waals surface area contributed by atoms with Crippen LogP contribution in [-0.2, 0) is 4.79 Å². The van der Waals surface area contributed by atoms with Gasteiger partial charge < -0.3 is 19.3 Å². The number of aromatic carboxylic acids is 1. The van der Waals surface area contributed by atoms with Crippen molar-refractivity contribution in [2.75, 3.05) is 26.2 Å². The molecule has 1 aliphatic rings. The highest BCUT2D eigenvalue weighted by molar-refractivity contribution is 8.27. The highest BCUT2D eigenvalue weighted by Gasteiger charge is 2.34. The number of thioether (sulfide) groups is 1. The van der Waals surface area contributed by atoms with Gasteiger partial charge in [-0.3, -0.25) is 9.69 Å². The fraction of sp³-hybridized carbons (Fsp3) is 0.190. The van der Waals surface area contributed by atoms with Crippen molar-refractivity contribution in [1.29, 1.82) is 0 Å². The van der Waals surface area contributed by atoms with E-state index in [1.54, 1.807) is 31.2 Å². The maximum atomic E-state index is 13.1. The Balaban J connectivity index is 2.02. The first-order chi connectivity index (χ1) is 14.3. The van der Waals surface area contributed by atoms with Gasteiger partial charge in [0, 0.05) is 0 Å². The summed E-state index contributed by atoms with van der Waals surface area (Å²) in [4.78, 5) is 26.2. The predicted octanol–water partition coefficient (Wildman–Crippen LogP) is 4.12. The summed E-state index contributed by atoms with van der Waals surface area (Å²) in [6.45, 7) is 1.79. The molecule has 0 aromatic heterocycles. The van der Waals surface area contributed by atoms with Crippen molar-refractivity contribution in [3.05, 3.63) is 51.9 Å². The van der Waals surface area contributed by atoms with Crippen LogP contribution in [0, 0.1) is 6.92 Å². The largest absolute Gasteiger partial charge is 0.493 e. The summed E-state index contributed by atoms with van der Waals surface area (Å²) in [6.07, 6.45) is 1.68. The summed E-state index contributed by atoms with van der Waals surface area (Å²) in [5.41, 5.74) is 1.94. The second kappa shape index (κ2) is 8.76. The Labute approximate surface area is 183 Å². The molecule has 1 saturated heterocycles. The number of amides is 1. The lowest BCUT2D eigenvalue weighted by molar-refractivity contribution is -0.113. The normalized spacial score (nSPS) is 14.9. The summed E-state index contributed by atoms with van der Waals surface area (Å²) < 4.78 is 16.4. The number of benzene rings is 2. The molecule has 0 unspecified atom stereocenters. The fourth-order valence-corrected chi connectivity index (χ4v) is 4.28. The van der Waals surface area contributed by atoms with Crippen molar-refractivity contribution in [3.63, 3.8) is 0 Å². The third-order valence-electron chi connectivity index (χ3n) is 4.48. The summed E-state index contributed by atoms with van der Waals surface area (Å²) in [5, 5.41) is 9.28. The van der Waals surface area contributed by atoms with Crippen LogP contribution in [0.5, 0.6) is 17.2 Å². The van der Waals surface area contributed by atoms with Gasteiger partial charge in [0.05, 0.1) is 37.5 Å². The maximum absolute atomic E-state index is 13.1. The first-order valence-corrected chi connectivity index (χ1v) is 9.95. The predicted molar refractivity (Wildman–Crippen MR) is 120 cm³/mol. The molecule has 1 N–H and O–H groups in total. The van der Waals surface area contributed by atoms with Crippen LogP contribution < -0.4 is 19.1 Å². The Morgan fingerprint density at radius 1 is 1.10 bits per heavy atom. The lowest BCUT2D eigenvalue weighted by Crippen LogP contribution is -2.28. The third-order valence-corrected chi connectivity index (χ3v) is 5.78. The number of thiocarbonyl (C=S) groups is 1. The van der Waals surface area contributed by atoms with E-state index in [0.29, 0.717) is 37.7 Å². The lowest BCUT2D eigenvalue weighted by atomic mass is 10.1. The number of nitrogens with zero attached hydrogens (tertiary/aromatic N) is 1. The van der Waals surface area contributed by atoms with Gasteiger partial charge in [0.15, 0.2) is 15.8 Å². The number of rotatable bonds is 6. The Bertz CT molecular complexity index is 1050. The van der Waals surface area contributed by atoms with E-state index in [1.807, 2.05) is 0 Å². The number of hydrogen-bond donors (Lipinski definition) is 1. The molecule has 3 rings (SSSR count). The Kier molecular flexibility index (Phi) is 6.33. The fourth-order valence-electron chi connectivity index (χ4n) is 2.99. The van der Waals surface area contributed by atoms with E-state index in [0.717, 1.165) is 17.3 Å². The van der Waals surface area contributed by atoms with Crippen molar-refractivity contribution in [3.8, 4) is 17.2 Å². The summed E-state index contributed by atoms with van der Waals surface area (Å²) >= 11 is 6.55. The molecule has 0 spiro atoms. The first-order valence-electron chi connectivity index (χ1n) is 8.72. The molecule has 2 aromatic rings. The number of hydrogen-bond acceptors (Lipinski definition) is 7. The van der Waals surface area contributed by atoms with Crippen molar-refractivity contribution >= 4 is 51.9 Å². The smallest absolute Gasteiger partial charge is 0.335 e. The molecular weight excluding hydrogens is 426 g/mol. The van der Waals surface area contributed by atoms with Gasteiger partial charge in [-0.25, -0.2) is 4.79 Å². The molecule has 0 radical (unpaired) electrons. The molecule has 9 heteroatoms. The van der Waals surface area contributed by atoms with E-state index >= 15 is 0 Å². The van der Waals surface area contributed by atoms with E-state index in [1.165, 1.54) is 38.4 Å². The minimum absolute atomic E-state index is 0.0817. The molecule has 1 amide bonds. The topological polar surface area (TPSA) is 85.3 Å². The molecule has 1 aliphatic heterocycles. The van der Waals surface area contributed by atoms with Gasteiger partial charge in [-0.2, -0.15) is 0 Å². The van der Waals surface area contributed by atoms with E-state index in [4.69, 9.17) is 26.4 Å². The van der Waals surface area contributed by atoms with Crippen LogP contribution >= 0.6 is 24.0 Å². The average Bonchev–Trinajstić information content (AvgIpc) is 3.00. The minimum atomic E-state index is -1.07. The molecule has 1 fully saturated rings. The second-order valence-corrected chi connectivity index (χ2v) is 7.96. The molecule has 156 valence electrons. The van der Waals surface area contributed by atoms with E-state index < -0.39 is 5.97 Å². The lowest BCUT2D eigenvalue weighted by Gasteiger charge is -2.17. The summed E-state index contributed by atoms with van der Waals surface area (Å²) in [7, 11) is 4.54. The Morgan fingerprint density at radius 3 is 2.27 bits per heavy atom. The number of carboxylic acids is 1. The molecule has 0 bridgehead atoms. The molecule has 0 atom stereocenters. The van der Waals surface area contributed by atoms with E-state index in [2.05, 4.69) is 0 Å². The SMILES string of the molecule is COc1cc(C=C2SC(=S)N(c3cc(C(=O)O)ccc3C)C2=O)cc(OC)c1OC. The first kappa shape index (κ1) is 21.7. The Hall–Kier alpha value is -3.04. The van der Waals surface area contributed by atoms with Crippen LogP contribution in [0.15, 0.2) is 35.2 Å². The Morgan fingerprint density at radius 2 is 1.73 bits per heavy atom. The molecule has 1 heterocycles. The number of aryl methyl sites for hydroxylation is 1. The highest BCUT2D eigenvalue weighted by Crippen LogP contribution is 2.41. The molecule has 30 heavy (non-hydrogen) atoms. The quantitative estimate of drug-likeness (QED) is 0.525. The summed E-state index contributed by atoms with van der Waals surface area (Å²) in [5.74, 6) is -0.0305.